The van der Waals surface area contributed by atoms with Crippen LogP contribution in [0.25, 0.3) is 0 Å². The van der Waals surface area contributed by atoms with Crippen molar-refractivity contribution in [3.8, 4) is 0 Å². The van der Waals surface area contributed by atoms with Crippen LogP contribution in [0.1, 0.15) is 43.5 Å². The molecule has 1 unspecified atom stereocenters. The largest absolute Gasteiger partial charge is 0.309 e. The SMILES string of the molecule is CCc1ccc(C(C)NCC(C)(C)CN(C)C)s1. The normalized spacial score (nSPS) is 14.2. The summed E-state index contributed by atoms with van der Waals surface area (Å²) in [5.41, 5.74) is 0.308. The Bertz CT molecular complexity index is 355. The highest BCUT2D eigenvalue weighted by Crippen LogP contribution is 2.24. The van der Waals surface area contributed by atoms with Crippen LogP contribution in [-0.2, 0) is 6.42 Å². The molecule has 1 aromatic rings. The zero-order valence-corrected chi connectivity index (χ0v) is 13.5. The summed E-state index contributed by atoms with van der Waals surface area (Å²) in [5, 5.41) is 3.67. The molecule has 104 valence electrons. The standard InChI is InChI=1S/C15H28N2S/c1-7-13-8-9-14(18-13)12(2)16-10-15(3,4)11-17(5)6/h8-9,12,16H,7,10-11H2,1-6H3. The Morgan fingerprint density at radius 2 is 2.00 bits per heavy atom. The molecule has 0 fully saturated rings. The van der Waals surface area contributed by atoms with Crippen LogP contribution in [0.15, 0.2) is 12.1 Å². The van der Waals surface area contributed by atoms with Crippen LogP contribution < -0.4 is 5.32 Å². The molecule has 1 heterocycles. The first-order chi connectivity index (χ1) is 8.34. The zero-order chi connectivity index (χ0) is 13.8. The van der Waals surface area contributed by atoms with E-state index in [1.165, 1.54) is 9.75 Å². The number of hydrogen-bond acceptors (Lipinski definition) is 3. The highest BCUT2D eigenvalue weighted by atomic mass is 32.1. The Morgan fingerprint density at radius 3 is 2.50 bits per heavy atom. The van der Waals surface area contributed by atoms with Gasteiger partial charge in [-0.15, -0.1) is 11.3 Å². The molecule has 0 amide bonds. The predicted octanol–water partition coefficient (Wildman–Crippen LogP) is 3.55. The molecule has 0 spiro atoms. The minimum Gasteiger partial charge on any atom is -0.309 e. The first-order valence-electron chi connectivity index (χ1n) is 6.81. The Kier molecular flexibility index (Phi) is 5.83. The minimum atomic E-state index is 0.308. The number of rotatable bonds is 7. The summed E-state index contributed by atoms with van der Waals surface area (Å²) < 4.78 is 0. The van der Waals surface area contributed by atoms with Crippen LogP contribution >= 0.6 is 11.3 Å². The Balaban J connectivity index is 2.47. The maximum atomic E-state index is 3.67. The molecule has 1 rings (SSSR count). The lowest BCUT2D eigenvalue weighted by Crippen LogP contribution is -2.38. The van der Waals surface area contributed by atoms with Gasteiger partial charge < -0.3 is 10.2 Å². The van der Waals surface area contributed by atoms with Crippen molar-refractivity contribution in [1.82, 2.24) is 10.2 Å². The van der Waals surface area contributed by atoms with E-state index in [2.05, 4.69) is 64.1 Å². The van der Waals surface area contributed by atoms with Gasteiger partial charge in [0.25, 0.3) is 0 Å². The summed E-state index contributed by atoms with van der Waals surface area (Å²) in [6, 6.07) is 4.97. The van der Waals surface area contributed by atoms with Crippen molar-refractivity contribution in [2.75, 3.05) is 27.2 Å². The Labute approximate surface area is 116 Å². The first-order valence-corrected chi connectivity index (χ1v) is 7.62. The third-order valence-corrected chi connectivity index (χ3v) is 4.50. The Hall–Kier alpha value is -0.380. The van der Waals surface area contributed by atoms with E-state index in [-0.39, 0.29) is 0 Å². The molecule has 3 heteroatoms. The number of nitrogens with zero attached hydrogens (tertiary/aromatic N) is 1. The van der Waals surface area contributed by atoms with Gasteiger partial charge in [0.15, 0.2) is 0 Å². The number of nitrogens with one attached hydrogen (secondary N) is 1. The van der Waals surface area contributed by atoms with Crippen molar-refractivity contribution in [1.29, 1.82) is 0 Å². The molecule has 18 heavy (non-hydrogen) atoms. The van der Waals surface area contributed by atoms with Crippen molar-refractivity contribution in [2.24, 2.45) is 5.41 Å². The van der Waals surface area contributed by atoms with E-state index in [1.807, 2.05) is 11.3 Å². The molecule has 0 aromatic carbocycles. The monoisotopic (exact) mass is 268 g/mol. The van der Waals surface area contributed by atoms with Crippen LogP contribution in [-0.4, -0.2) is 32.1 Å². The van der Waals surface area contributed by atoms with E-state index in [4.69, 9.17) is 0 Å². The molecule has 1 N–H and O–H groups in total. The van der Waals surface area contributed by atoms with Gasteiger partial charge in [0, 0.05) is 28.9 Å². The molecule has 0 saturated heterocycles. The highest BCUT2D eigenvalue weighted by molar-refractivity contribution is 7.12. The molecule has 2 nitrogen and oxygen atoms in total. The summed E-state index contributed by atoms with van der Waals surface area (Å²) in [4.78, 5) is 5.19. The van der Waals surface area contributed by atoms with Gasteiger partial charge in [0.05, 0.1) is 0 Å². The zero-order valence-electron chi connectivity index (χ0n) is 12.7. The van der Waals surface area contributed by atoms with Crippen LogP contribution in [0.5, 0.6) is 0 Å². The van der Waals surface area contributed by atoms with Crippen LogP contribution in [0.3, 0.4) is 0 Å². The number of thiophene rings is 1. The fourth-order valence-electron chi connectivity index (χ4n) is 2.26. The van der Waals surface area contributed by atoms with Gasteiger partial charge in [-0.3, -0.25) is 0 Å². The fourth-order valence-corrected chi connectivity index (χ4v) is 3.24. The molecular formula is C15H28N2S. The molecule has 0 aliphatic rings. The molecule has 0 radical (unpaired) electrons. The fraction of sp³-hybridized carbons (Fsp3) is 0.733. The van der Waals surface area contributed by atoms with Crippen LogP contribution in [0.2, 0.25) is 0 Å². The van der Waals surface area contributed by atoms with E-state index in [1.54, 1.807) is 0 Å². The minimum absolute atomic E-state index is 0.308. The van der Waals surface area contributed by atoms with Gasteiger partial charge in [0.1, 0.15) is 0 Å². The summed E-state index contributed by atoms with van der Waals surface area (Å²) in [6.07, 6.45) is 1.14. The molecular weight excluding hydrogens is 240 g/mol. The second-order valence-electron chi connectivity index (χ2n) is 6.16. The summed E-state index contributed by atoms with van der Waals surface area (Å²) >= 11 is 1.93. The second-order valence-corrected chi connectivity index (χ2v) is 7.36. The van der Waals surface area contributed by atoms with Gasteiger partial charge in [-0.2, -0.15) is 0 Å². The maximum absolute atomic E-state index is 3.67. The van der Waals surface area contributed by atoms with Crippen LogP contribution in [0.4, 0.5) is 0 Å². The van der Waals surface area contributed by atoms with Gasteiger partial charge >= 0.3 is 0 Å². The van der Waals surface area contributed by atoms with Gasteiger partial charge in [0.2, 0.25) is 0 Å². The average molecular weight is 268 g/mol. The van der Waals surface area contributed by atoms with E-state index >= 15 is 0 Å². The third kappa shape index (κ3) is 5.09. The van der Waals surface area contributed by atoms with Crippen molar-refractivity contribution >= 4 is 11.3 Å². The first kappa shape index (κ1) is 15.7. The molecule has 0 aliphatic carbocycles. The van der Waals surface area contributed by atoms with Gasteiger partial charge in [-0.1, -0.05) is 20.8 Å². The molecule has 0 bridgehead atoms. The number of aryl methyl sites for hydroxylation is 1. The van der Waals surface area contributed by atoms with Crippen molar-refractivity contribution in [3.63, 3.8) is 0 Å². The maximum Gasteiger partial charge on any atom is 0.0386 e. The summed E-state index contributed by atoms with van der Waals surface area (Å²) in [7, 11) is 4.27. The third-order valence-electron chi connectivity index (χ3n) is 3.09. The van der Waals surface area contributed by atoms with Crippen molar-refractivity contribution < 1.29 is 0 Å². The summed E-state index contributed by atoms with van der Waals surface area (Å²) in [6.45, 7) is 11.3. The molecule has 0 aliphatic heterocycles. The highest BCUT2D eigenvalue weighted by Gasteiger charge is 2.20. The second kappa shape index (κ2) is 6.69. The van der Waals surface area contributed by atoms with Gasteiger partial charge in [-0.05, 0) is 45.0 Å². The van der Waals surface area contributed by atoms with Crippen molar-refractivity contribution in [2.45, 2.75) is 40.2 Å². The van der Waals surface area contributed by atoms with Crippen LogP contribution in [0, 0.1) is 5.41 Å². The predicted molar refractivity (Wildman–Crippen MR) is 82.4 cm³/mol. The van der Waals surface area contributed by atoms with E-state index in [0.717, 1.165) is 19.5 Å². The lowest BCUT2D eigenvalue weighted by atomic mass is 9.92. The molecule has 1 atom stereocenters. The number of hydrogen-bond donors (Lipinski definition) is 1. The van der Waals surface area contributed by atoms with E-state index in [9.17, 15) is 0 Å². The topological polar surface area (TPSA) is 15.3 Å². The lowest BCUT2D eigenvalue weighted by Gasteiger charge is -2.30. The summed E-state index contributed by atoms with van der Waals surface area (Å²) in [5.74, 6) is 0. The van der Waals surface area contributed by atoms with Gasteiger partial charge in [-0.25, -0.2) is 0 Å². The van der Waals surface area contributed by atoms with E-state index < -0.39 is 0 Å². The average Bonchev–Trinajstić information content (AvgIpc) is 2.72. The molecule has 1 aromatic heterocycles. The van der Waals surface area contributed by atoms with Crippen molar-refractivity contribution in [3.05, 3.63) is 21.9 Å². The lowest BCUT2D eigenvalue weighted by molar-refractivity contribution is 0.227. The molecule has 0 saturated carbocycles. The Morgan fingerprint density at radius 1 is 1.33 bits per heavy atom. The quantitative estimate of drug-likeness (QED) is 0.813. The van der Waals surface area contributed by atoms with E-state index in [0.29, 0.717) is 11.5 Å². The smallest absolute Gasteiger partial charge is 0.0386 e.